The van der Waals surface area contributed by atoms with Crippen LogP contribution >= 0.6 is 24.2 Å². The molecule has 0 saturated carbocycles. The van der Waals surface area contributed by atoms with Gasteiger partial charge in [-0.3, -0.25) is 14.4 Å². The fourth-order valence-corrected chi connectivity index (χ4v) is 4.11. The Labute approximate surface area is 208 Å². The molecule has 1 atom stereocenters. The molecule has 10 heteroatoms. The van der Waals surface area contributed by atoms with Crippen molar-refractivity contribution in [2.45, 2.75) is 19.4 Å². The van der Waals surface area contributed by atoms with E-state index in [1.54, 1.807) is 7.11 Å². The third kappa shape index (κ3) is 5.27. The van der Waals surface area contributed by atoms with Crippen LogP contribution in [0.15, 0.2) is 47.5 Å². The van der Waals surface area contributed by atoms with Crippen LogP contribution in [0.2, 0.25) is 5.02 Å². The number of aryl methyl sites for hydroxylation is 1. The smallest absolute Gasteiger partial charge is 0.222 e. The summed E-state index contributed by atoms with van der Waals surface area (Å²) in [5.41, 5.74) is 3.33. The molecular formula is C24H26ClN5O3S. The predicted molar refractivity (Wildman–Crippen MR) is 135 cm³/mol. The monoisotopic (exact) mass is 499 g/mol. The number of aliphatic imine (C=N–C) groups is 1. The molecule has 1 aliphatic heterocycles. The van der Waals surface area contributed by atoms with E-state index in [-0.39, 0.29) is 12.3 Å². The van der Waals surface area contributed by atoms with Crippen LogP contribution in [-0.4, -0.2) is 59.0 Å². The lowest BCUT2D eigenvalue weighted by Crippen LogP contribution is -2.29. The fraction of sp³-hybridized carbons (Fsp3) is 0.333. The van der Waals surface area contributed by atoms with Gasteiger partial charge < -0.3 is 14.8 Å². The lowest BCUT2D eigenvalue weighted by atomic mass is 10.00. The van der Waals surface area contributed by atoms with E-state index in [4.69, 9.17) is 26.1 Å². The van der Waals surface area contributed by atoms with Gasteiger partial charge >= 0.3 is 0 Å². The largest absolute Gasteiger partial charge is 0.497 e. The Balaban J connectivity index is 1.74. The SMILES string of the molecule is COc1ccc2c(c1)C(c1ccc(Cl)cc1)=N[C@@H](CC(=O)NCCOCCS)c1nnc(C)n1-2. The highest BCUT2D eigenvalue weighted by Crippen LogP contribution is 2.34. The summed E-state index contributed by atoms with van der Waals surface area (Å²) in [5.74, 6) is 2.51. The molecule has 1 amide bonds. The van der Waals surface area contributed by atoms with Crippen molar-refractivity contribution in [1.82, 2.24) is 20.1 Å². The number of thiol groups is 1. The number of hydrogen-bond donors (Lipinski definition) is 2. The number of rotatable bonds is 9. The second-order valence-corrected chi connectivity index (χ2v) is 8.60. The van der Waals surface area contributed by atoms with Gasteiger partial charge in [0.25, 0.3) is 0 Å². The van der Waals surface area contributed by atoms with Gasteiger partial charge in [-0.15, -0.1) is 10.2 Å². The number of hydrogen-bond acceptors (Lipinski definition) is 7. The molecule has 2 aromatic carbocycles. The van der Waals surface area contributed by atoms with Crippen molar-refractivity contribution in [2.75, 3.05) is 32.6 Å². The minimum atomic E-state index is -0.538. The van der Waals surface area contributed by atoms with Gasteiger partial charge in [0, 0.05) is 28.4 Å². The minimum Gasteiger partial charge on any atom is -0.497 e. The van der Waals surface area contributed by atoms with E-state index in [0.29, 0.717) is 47.9 Å². The van der Waals surface area contributed by atoms with Crippen molar-refractivity contribution >= 4 is 35.8 Å². The second-order valence-electron chi connectivity index (χ2n) is 7.71. The van der Waals surface area contributed by atoms with Gasteiger partial charge in [0.05, 0.1) is 38.1 Å². The average molecular weight is 500 g/mol. The Morgan fingerprint density at radius 1 is 1.18 bits per heavy atom. The van der Waals surface area contributed by atoms with Crippen molar-refractivity contribution in [2.24, 2.45) is 4.99 Å². The molecular weight excluding hydrogens is 474 g/mol. The molecule has 0 saturated heterocycles. The maximum absolute atomic E-state index is 12.8. The van der Waals surface area contributed by atoms with Crippen molar-refractivity contribution in [1.29, 1.82) is 0 Å². The van der Waals surface area contributed by atoms with Gasteiger partial charge in [-0.1, -0.05) is 23.7 Å². The summed E-state index contributed by atoms with van der Waals surface area (Å²) in [4.78, 5) is 17.8. The molecule has 4 rings (SSSR count). The molecule has 34 heavy (non-hydrogen) atoms. The van der Waals surface area contributed by atoms with E-state index in [9.17, 15) is 4.79 Å². The number of halogens is 1. The number of carbonyl (C=O) groups is 1. The van der Waals surface area contributed by atoms with E-state index in [1.165, 1.54) is 0 Å². The van der Waals surface area contributed by atoms with Crippen LogP contribution in [0.4, 0.5) is 0 Å². The summed E-state index contributed by atoms with van der Waals surface area (Å²) >= 11 is 10.2. The van der Waals surface area contributed by atoms with E-state index in [2.05, 4.69) is 28.1 Å². The first-order valence-electron chi connectivity index (χ1n) is 10.9. The molecule has 1 aromatic heterocycles. The maximum Gasteiger partial charge on any atom is 0.222 e. The van der Waals surface area contributed by atoms with Gasteiger partial charge in [-0.05, 0) is 37.3 Å². The highest BCUT2D eigenvalue weighted by atomic mass is 35.5. The summed E-state index contributed by atoms with van der Waals surface area (Å²) < 4.78 is 12.8. The van der Waals surface area contributed by atoms with Crippen molar-refractivity contribution in [3.63, 3.8) is 0 Å². The predicted octanol–water partition coefficient (Wildman–Crippen LogP) is 3.58. The van der Waals surface area contributed by atoms with Crippen LogP contribution < -0.4 is 10.1 Å². The van der Waals surface area contributed by atoms with Crippen LogP contribution in [-0.2, 0) is 9.53 Å². The minimum absolute atomic E-state index is 0.118. The van der Waals surface area contributed by atoms with Crippen LogP contribution in [0.3, 0.4) is 0 Å². The maximum atomic E-state index is 12.8. The quantitative estimate of drug-likeness (QED) is 0.347. The topological polar surface area (TPSA) is 90.6 Å². The zero-order valence-corrected chi connectivity index (χ0v) is 20.6. The van der Waals surface area contributed by atoms with Crippen molar-refractivity contribution < 1.29 is 14.3 Å². The van der Waals surface area contributed by atoms with Gasteiger partial charge in [-0.25, -0.2) is 0 Å². The lowest BCUT2D eigenvalue weighted by molar-refractivity contribution is -0.121. The Kier molecular flexibility index (Phi) is 7.87. The molecule has 0 unspecified atom stereocenters. The molecule has 1 N–H and O–H groups in total. The van der Waals surface area contributed by atoms with E-state index in [1.807, 2.05) is 54.0 Å². The summed E-state index contributed by atoms with van der Waals surface area (Å²) in [7, 11) is 1.63. The number of carbonyl (C=O) groups excluding carboxylic acids is 1. The van der Waals surface area contributed by atoms with Gasteiger partial charge in [0.2, 0.25) is 5.91 Å². The molecule has 0 bridgehead atoms. The molecule has 0 spiro atoms. The van der Waals surface area contributed by atoms with Crippen molar-refractivity contribution in [3.05, 3.63) is 70.3 Å². The number of nitrogens with zero attached hydrogens (tertiary/aromatic N) is 4. The summed E-state index contributed by atoms with van der Waals surface area (Å²) in [6.45, 7) is 3.27. The Bertz CT molecular complexity index is 1200. The molecule has 178 valence electrons. The molecule has 0 radical (unpaired) electrons. The average Bonchev–Trinajstić information content (AvgIpc) is 3.16. The number of amides is 1. The summed E-state index contributed by atoms with van der Waals surface area (Å²) in [5, 5.41) is 12.2. The van der Waals surface area contributed by atoms with Crippen LogP contribution in [0.1, 0.15) is 35.2 Å². The van der Waals surface area contributed by atoms with Crippen LogP contribution in [0, 0.1) is 6.92 Å². The number of fused-ring (bicyclic) bond motifs is 3. The highest BCUT2D eigenvalue weighted by Gasteiger charge is 2.30. The first kappa shape index (κ1) is 24.3. The normalized spacial score (nSPS) is 14.6. The Morgan fingerprint density at radius 2 is 1.97 bits per heavy atom. The molecule has 8 nitrogen and oxygen atoms in total. The molecule has 0 aliphatic carbocycles. The molecule has 1 aliphatic rings. The highest BCUT2D eigenvalue weighted by molar-refractivity contribution is 7.80. The van der Waals surface area contributed by atoms with E-state index in [0.717, 1.165) is 22.5 Å². The Morgan fingerprint density at radius 3 is 2.71 bits per heavy atom. The zero-order chi connectivity index (χ0) is 24.1. The van der Waals surface area contributed by atoms with E-state index < -0.39 is 6.04 Å². The van der Waals surface area contributed by atoms with Gasteiger partial charge in [-0.2, -0.15) is 12.6 Å². The zero-order valence-electron chi connectivity index (χ0n) is 19.0. The number of methoxy groups -OCH3 is 1. The summed E-state index contributed by atoms with van der Waals surface area (Å²) in [6, 6.07) is 12.7. The van der Waals surface area contributed by atoms with Crippen molar-refractivity contribution in [3.8, 4) is 11.4 Å². The number of ether oxygens (including phenoxy) is 2. The molecule has 2 heterocycles. The van der Waals surface area contributed by atoms with E-state index >= 15 is 0 Å². The first-order valence-corrected chi connectivity index (χ1v) is 11.9. The standard InChI is InChI=1S/C24H26ClN5O3S/c1-15-28-29-24-20(14-22(31)26-9-10-33-11-12-34)27-23(16-3-5-17(25)6-4-16)19-13-18(32-2)7-8-21(19)30(15)24/h3-8,13,20,34H,9-12,14H2,1-2H3,(H,26,31)/t20-/m0/s1. The molecule has 3 aromatic rings. The third-order valence-electron chi connectivity index (χ3n) is 5.43. The van der Waals surface area contributed by atoms with Crippen LogP contribution in [0.25, 0.3) is 5.69 Å². The molecule has 0 fully saturated rings. The third-order valence-corrected chi connectivity index (χ3v) is 5.87. The number of benzene rings is 2. The Hall–Kier alpha value is -2.88. The van der Waals surface area contributed by atoms with Gasteiger partial charge in [0.15, 0.2) is 5.82 Å². The fourth-order valence-electron chi connectivity index (χ4n) is 3.85. The number of aromatic nitrogens is 3. The number of nitrogens with one attached hydrogen (secondary N) is 1. The summed E-state index contributed by atoms with van der Waals surface area (Å²) in [6.07, 6.45) is 0.118. The lowest BCUT2D eigenvalue weighted by Gasteiger charge is -2.14. The van der Waals surface area contributed by atoms with Crippen LogP contribution in [0.5, 0.6) is 5.75 Å². The second kappa shape index (κ2) is 11.0. The van der Waals surface area contributed by atoms with Gasteiger partial charge in [0.1, 0.15) is 17.6 Å². The first-order chi connectivity index (χ1) is 16.5.